The molecule has 1 aromatic rings. The fraction of sp³-hybridized carbons (Fsp3) is 0.769. The van der Waals surface area contributed by atoms with Crippen molar-refractivity contribution in [3.05, 3.63) is 11.9 Å². The monoisotopic (exact) mass is 254 g/mol. The Morgan fingerprint density at radius 1 is 1.61 bits per heavy atom. The van der Waals surface area contributed by atoms with Crippen LogP contribution in [0.2, 0.25) is 0 Å². The van der Waals surface area contributed by atoms with Crippen LogP contribution in [0.5, 0.6) is 5.75 Å². The fourth-order valence-corrected chi connectivity index (χ4v) is 2.73. The fourth-order valence-electron chi connectivity index (χ4n) is 2.73. The number of rotatable bonds is 5. The van der Waals surface area contributed by atoms with Crippen LogP contribution in [-0.4, -0.2) is 34.7 Å². The zero-order chi connectivity index (χ0) is 13.1. The van der Waals surface area contributed by atoms with E-state index in [-0.39, 0.29) is 12.0 Å². The van der Waals surface area contributed by atoms with Crippen LogP contribution >= 0.6 is 0 Å². The van der Waals surface area contributed by atoms with Crippen molar-refractivity contribution in [3.8, 4) is 5.75 Å². The molecule has 1 aliphatic rings. The number of hydrogen-bond acceptors (Lipinski definition) is 4. The van der Waals surface area contributed by atoms with Gasteiger partial charge in [-0.1, -0.05) is 6.92 Å². The number of aliphatic hydroxyl groups excluding tert-OH is 1. The number of nitrogens with zero attached hydrogens (tertiary/aromatic N) is 2. The van der Waals surface area contributed by atoms with Crippen LogP contribution in [0.25, 0.3) is 0 Å². The van der Waals surface area contributed by atoms with Crippen LogP contribution in [-0.2, 0) is 11.3 Å². The van der Waals surface area contributed by atoms with Crippen molar-refractivity contribution < 1.29 is 14.6 Å². The standard InChI is InChI=1S/C13H22N2O3/c1-4-10-9(6-7-18-10)13(16)12-11(17-3)8-14-15(12)5-2/h8-10,13,16H,4-7H2,1-3H3. The van der Waals surface area contributed by atoms with Gasteiger partial charge in [-0.25, -0.2) is 0 Å². The third-order valence-corrected chi connectivity index (χ3v) is 3.71. The molecule has 5 heteroatoms. The molecule has 3 unspecified atom stereocenters. The van der Waals surface area contributed by atoms with Crippen molar-refractivity contribution in [3.63, 3.8) is 0 Å². The minimum atomic E-state index is -0.574. The van der Waals surface area contributed by atoms with E-state index in [1.165, 1.54) is 0 Å². The van der Waals surface area contributed by atoms with E-state index in [9.17, 15) is 5.11 Å². The van der Waals surface area contributed by atoms with Gasteiger partial charge >= 0.3 is 0 Å². The van der Waals surface area contributed by atoms with Gasteiger partial charge in [0.05, 0.1) is 19.4 Å². The van der Waals surface area contributed by atoms with Crippen molar-refractivity contribution in [2.45, 2.75) is 45.4 Å². The SMILES string of the molecule is CCC1OCCC1C(O)c1c(OC)cnn1CC. The Bertz CT molecular complexity index is 370. The van der Waals surface area contributed by atoms with Crippen molar-refractivity contribution in [2.75, 3.05) is 13.7 Å². The van der Waals surface area contributed by atoms with E-state index in [1.807, 2.05) is 6.92 Å². The lowest BCUT2D eigenvalue weighted by Crippen LogP contribution is -2.24. The average Bonchev–Trinajstić information content (AvgIpc) is 3.03. The van der Waals surface area contributed by atoms with E-state index in [2.05, 4.69) is 12.0 Å². The molecule has 0 amide bonds. The van der Waals surface area contributed by atoms with Gasteiger partial charge in [0, 0.05) is 19.1 Å². The number of aliphatic hydroxyl groups is 1. The summed E-state index contributed by atoms with van der Waals surface area (Å²) in [6.45, 7) is 5.54. The van der Waals surface area contributed by atoms with E-state index in [0.717, 1.165) is 31.7 Å². The molecule has 1 N–H and O–H groups in total. The molecule has 1 aromatic heterocycles. The first-order valence-electron chi connectivity index (χ1n) is 6.62. The normalized spacial score (nSPS) is 25.3. The summed E-state index contributed by atoms with van der Waals surface area (Å²) in [6.07, 6.45) is 3.03. The lowest BCUT2D eigenvalue weighted by Gasteiger charge is -2.23. The van der Waals surface area contributed by atoms with Crippen molar-refractivity contribution in [1.82, 2.24) is 9.78 Å². The second-order valence-corrected chi connectivity index (χ2v) is 4.63. The van der Waals surface area contributed by atoms with Gasteiger partial charge in [0.2, 0.25) is 0 Å². The maximum absolute atomic E-state index is 10.6. The number of aromatic nitrogens is 2. The number of methoxy groups -OCH3 is 1. The van der Waals surface area contributed by atoms with Gasteiger partial charge < -0.3 is 14.6 Å². The number of aryl methyl sites for hydroxylation is 1. The first-order valence-corrected chi connectivity index (χ1v) is 6.62. The summed E-state index contributed by atoms with van der Waals surface area (Å²) in [4.78, 5) is 0. The van der Waals surface area contributed by atoms with Crippen LogP contribution in [0.15, 0.2) is 6.20 Å². The summed E-state index contributed by atoms with van der Waals surface area (Å²) < 4.78 is 12.7. The van der Waals surface area contributed by atoms with E-state index in [4.69, 9.17) is 9.47 Å². The third-order valence-electron chi connectivity index (χ3n) is 3.71. The topological polar surface area (TPSA) is 56.5 Å². The second kappa shape index (κ2) is 5.71. The van der Waals surface area contributed by atoms with Gasteiger partial charge in [0.1, 0.15) is 11.8 Å². The molecule has 2 heterocycles. The molecule has 1 fully saturated rings. The Labute approximate surface area is 108 Å². The summed E-state index contributed by atoms with van der Waals surface area (Å²) in [5.41, 5.74) is 0.772. The first-order chi connectivity index (χ1) is 8.72. The zero-order valence-electron chi connectivity index (χ0n) is 11.3. The summed E-state index contributed by atoms with van der Waals surface area (Å²) in [7, 11) is 1.61. The lowest BCUT2D eigenvalue weighted by molar-refractivity contribution is 0.0259. The highest BCUT2D eigenvalue weighted by molar-refractivity contribution is 5.28. The Morgan fingerprint density at radius 3 is 3.00 bits per heavy atom. The van der Waals surface area contributed by atoms with Crippen molar-refractivity contribution in [2.24, 2.45) is 5.92 Å². The maximum atomic E-state index is 10.6. The summed E-state index contributed by atoms with van der Waals surface area (Å²) in [5, 5.41) is 14.9. The molecule has 0 spiro atoms. The van der Waals surface area contributed by atoms with Gasteiger partial charge in [-0.05, 0) is 19.8 Å². The van der Waals surface area contributed by atoms with Gasteiger partial charge in [-0.2, -0.15) is 5.10 Å². The molecule has 18 heavy (non-hydrogen) atoms. The second-order valence-electron chi connectivity index (χ2n) is 4.63. The highest BCUT2D eigenvalue weighted by Gasteiger charge is 2.36. The van der Waals surface area contributed by atoms with Crippen molar-refractivity contribution in [1.29, 1.82) is 0 Å². The summed E-state index contributed by atoms with van der Waals surface area (Å²) in [5.74, 6) is 0.789. The molecule has 1 saturated heterocycles. The summed E-state index contributed by atoms with van der Waals surface area (Å²) in [6, 6.07) is 0. The quantitative estimate of drug-likeness (QED) is 0.870. The van der Waals surface area contributed by atoms with Crippen LogP contribution in [0.3, 0.4) is 0 Å². The molecule has 0 bridgehead atoms. The largest absolute Gasteiger partial charge is 0.493 e. The maximum Gasteiger partial charge on any atom is 0.162 e. The van der Waals surface area contributed by atoms with Crippen LogP contribution < -0.4 is 4.74 Å². The molecular formula is C13H22N2O3. The zero-order valence-corrected chi connectivity index (χ0v) is 11.3. The van der Waals surface area contributed by atoms with Gasteiger partial charge in [0.25, 0.3) is 0 Å². The van der Waals surface area contributed by atoms with E-state index >= 15 is 0 Å². The van der Waals surface area contributed by atoms with E-state index in [0.29, 0.717) is 5.75 Å². The molecule has 102 valence electrons. The minimum Gasteiger partial charge on any atom is -0.493 e. The molecule has 0 aromatic carbocycles. The van der Waals surface area contributed by atoms with E-state index in [1.54, 1.807) is 18.0 Å². The van der Waals surface area contributed by atoms with Gasteiger partial charge in [-0.3, -0.25) is 4.68 Å². The van der Waals surface area contributed by atoms with Crippen LogP contribution in [0.4, 0.5) is 0 Å². The van der Waals surface area contributed by atoms with Crippen molar-refractivity contribution >= 4 is 0 Å². The Kier molecular flexibility index (Phi) is 4.24. The van der Waals surface area contributed by atoms with Crippen LogP contribution in [0, 0.1) is 5.92 Å². The molecule has 2 rings (SSSR count). The molecular weight excluding hydrogens is 232 g/mol. The predicted octanol–water partition coefficient (Wildman–Crippen LogP) is 1.76. The Balaban J connectivity index is 2.26. The van der Waals surface area contributed by atoms with Crippen LogP contribution in [0.1, 0.15) is 38.5 Å². The highest BCUT2D eigenvalue weighted by atomic mass is 16.5. The minimum absolute atomic E-state index is 0.130. The van der Waals surface area contributed by atoms with Gasteiger partial charge in [-0.15, -0.1) is 0 Å². The molecule has 0 saturated carbocycles. The summed E-state index contributed by atoms with van der Waals surface area (Å²) >= 11 is 0. The van der Waals surface area contributed by atoms with E-state index < -0.39 is 6.10 Å². The Morgan fingerprint density at radius 2 is 2.39 bits per heavy atom. The predicted molar refractivity (Wildman–Crippen MR) is 67.6 cm³/mol. The number of ether oxygens (including phenoxy) is 2. The molecule has 5 nitrogen and oxygen atoms in total. The average molecular weight is 254 g/mol. The first kappa shape index (κ1) is 13.4. The number of hydrogen-bond donors (Lipinski definition) is 1. The molecule has 1 aliphatic heterocycles. The lowest BCUT2D eigenvalue weighted by atomic mass is 9.91. The molecule has 3 atom stereocenters. The highest BCUT2D eigenvalue weighted by Crippen LogP contribution is 2.38. The molecule has 0 radical (unpaired) electrons. The third kappa shape index (κ3) is 2.24. The van der Waals surface area contributed by atoms with Gasteiger partial charge in [0.15, 0.2) is 5.75 Å². The molecule has 0 aliphatic carbocycles. The smallest absolute Gasteiger partial charge is 0.162 e. The Hall–Kier alpha value is -1.07.